The Morgan fingerprint density at radius 3 is 2.62 bits per heavy atom. The molecular weight excluding hydrogens is 274 g/mol. The molecule has 0 spiro atoms. The summed E-state index contributed by atoms with van der Waals surface area (Å²) in [6.07, 6.45) is 0. The molecular formula is C14H21N3O4. The molecule has 0 saturated carbocycles. The van der Waals surface area contributed by atoms with Crippen LogP contribution in [0.3, 0.4) is 0 Å². The minimum atomic E-state index is -0.504. The van der Waals surface area contributed by atoms with Gasteiger partial charge in [-0.25, -0.2) is 0 Å². The van der Waals surface area contributed by atoms with E-state index in [1.165, 1.54) is 18.2 Å². The summed E-state index contributed by atoms with van der Waals surface area (Å²) in [7, 11) is 0. The first kappa shape index (κ1) is 16.9. The Labute approximate surface area is 123 Å². The van der Waals surface area contributed by atoms with Crippen molar-refractivity contribution in [2.24, 2.45) is 5.41 Å². The highest BCUT2D eigenvalue weighted by Crippen LogP contribution is 2.27. The van der Waals surface area contributed by atoms with Crippen molar-refractivity contribution in [2.75, 3.05) is 25.0 Å². The van der Waals surface area contributed by atoms with E-state index in [1.807, 2.05) is 13.8 Å². The van der Waals surface area contributed by atoms with Crippen molar-refractivity contribution in [3.63, 3.8) is 0 Å². The van der Waals surface area contributed by atoms with E-state index in [4.69, 9.17) is 0 Å². The summed E-state index contributed by atoms with van der Waals surface area (Å²) >= 11 is 0. The number of nitro groups is 1. The number of nitro benzene ring substituents is 1. The van der Waals surface area contributed by atoms with Crippen molar-refractivity contribution >= 4 is 17.3 Å². The molecule has 0 aromatic heterocycles. The molecule has 1 aromatic carbocycles. The van der Waals surface area contributed by atoms with Crippen molar-refractivity contribution < 1.29 is 14.8 Å². The van der Waals surface area contributed by atoms with Gasteiger partial charge in [-0.2, -0.15) is 0 Å². The van der Waals surface area contributed by atoms with E-state index in [1.54, 1.807) is 6.92 Å². The van der Waals surface area contributed by atoms with Gasteiger partial charge < -0.3 is 15.7 Å². The summed E-state index contributed by atoms with van der Waals surface area (Å²) in [5.74, 6) is -0.281. The first-order chi connectivity index (χ1) is 9.80. The second kappa shape index (κ2) is 7.03. The van der Waals surface area contributed by atoms with Crippen molar-refractivity contribution in [3.8, 4) is 0 Å². The number of nitrogens with one attached hydrogen (secondary N) is 2. The fraction of sp³-hybridized carbons (Fsp3) is 0.500. The Hall–Kier alpha value is -2.15. The van der Waals surface area contributed by atoms with E-state index in [9.17, 15) is 20.0 Å². The van der Waals surface area contributed by atoms with Crippen LogP contribution in [-0.4, -0.2) is 35.6 Å². The number of hydrogen-bond acceptors (Lipinski definition) is 5. The topological polar surface area (TPSA) is 104 Å². The van der Waals surface area contributed by atoms with Gasteiger partial charge in [0.25, 0.3) is 11.6 Å². The van der Waals surface area contributed by atoms with Crippen LogP contribution in [0.5, 0.6) is 0 Å². The molecule has 7 heteroatoms. The molecule has 0 fully saturated rings. The van der Waals surface area contributed by atoms with Gasteiger partial charge in [0, 0.05) is 36.7 Å². The van der Waals surface area contributed by atoms with Crippen LogP contribution >= 0.6 is 0 Å². The molecule has 0 aliphatic rings. The molecule has 0 radical (unpaired) electrons. The number of benzene rings is 1. The molecule has 0 aliphatic heterocycles. The first-order valence-electron chi connectivity index (χ1n) is 6.72. The highest BCUT2D eigenvalue weighted by atomic mass is 16.6. The molecule has 1 amide bonds. The van der Waals surface area contributed by atoms with Crippen LogP contribution in [-0.2, 0) is 0 Å². The summed E-state index contributed by atoms with van der Waals surface area (Å²) in [6, 6.07) is 4.18. The lowest BCUT2D eigenvalue weighted by atomic mass is 9.95. The number of carbonyl (C=O) groups is 1. The summed E-state index contributed by atoms with van der Waals surface area (Å²) in [5.41, 5.74) is 0.101. The van der Waals surface area contributed by atoms with E-state index in [0.29, 0.717) is 18.7 Å². The fourth-order valence-corrected chi connectivity index (χ4v) is 1.63. The summed E-state index contributed by atoms with van der Waals surface area (Å²) in [4.78, 5) is 22.3. The van der Waals surface area contributed by atoms with E-state index < -0.39 is 10.3 Å². The molecule has 0 bridgehead atoms. The van der Waals surface area contributed by atoms with Crippen LogP contribution < -0.4 is 10.6 Å². The van der Waals surface area contributed by atoms with Crippen LogP contribution in [0.15, 0.2) is 18.2 Å². The maximum absolute atomic E-state index is 11.8. The Kier molecular flexibility index (Phi) is 5.66. The highest BCUT2D eigenvalue weighted by molar-refractivity contribution is 5.95. The van der Waals surface area contributed by atoms with Crippen molar-refractivity contribution in [3.05, 3.63) is 33.9 Å². The van der Waals surface area contributed by atoms with Crippen molar-refractivity contribution in [1.82, 2.24) is 5.32 Å². The molecule has 1 aromatic rings. The Bertz CT molecular complexity index is 529. The molecule has 7 nitrogen and oxygen atoms in total. The van der Waals surface area contributed by atoms with Gasteiger partial charge in [0.15, 0.2) is 0 Å². The van der Waals surface area contributed by atoms with Gasteiger partial charge >= 0.3 is 0 Å². The van der Waals surface area contributed by atoms with Crippen molar-refractivity contribution in [2.45, 2.75) is 20.8 Å². The quantitative estimate of drug-likeness (QED) is 0.525. The van der Waals surface area contributed by atoms with E-state index >= 15 is 0 Å². The molecule has 0 unspecified atom stereocenters. The lowest BCUT2D eigenvalue weighted by Crippen LogP contribution is -2.27. The molecule has 1 rings (SSSR count). The van der Waals surface area contributed by atoms with Crippen molar-refractivity contribution in [1.29, 1.82) is 0 Å². The van der Waals surface area contributed by atoms with Crippen LogP contribution in [0, 0.1) is 15.5 Å². The molecule has 0 saturated heterocycles. The normalized spacial score (nSPS) is 11.0. The number of anilines is 1. The fourth-order valence-electron chi connectivity index (χ4n) is 1.63. The zero-order chi connectivity index (χ0) is 16.0. The Balaban J connectivity index is 3.04. The van der Waals surface area contributed by atoms with Gasteiger partial charge in [-0.15, -0.1) is 0 Å². The second-order valence-electron chi connectivity index (χ2n) is 5.52. The number of hydrogen-bond donors (Lipinski definition) is 3. The van der Waals surface area contributed by atoms with Gasteiger partial charge in [-0.05, 0) is 19.1 Å². The number of nitrogens with zero attached hydrogens (tertiary/aromatic N) is 1. The lowest BCUT2D eigenvalue weighted by molar-refractivity contribution is -0.384. The number of aliphatic hydroxyl groups excluding tert-OH is 1. The number of carbonyl (C=O) groups excluding carboxylic acids is 1. The molecule has 0 heterocycles. The summed E-state index contributed by atoms with van der Waals surface area (Å²) < 4.78 is 0. The van der Waals surface area contributed by atoms with Crippen LogP contribution in [0.2, 0.25) is 0 Å². The Morgan fingerprint density at radius 1 is 1.43 bits per heavy atom. The zero-order valence-electron chi connectivity index (χ0n) is 12.5. The van der Waals surface area contributed by atoms with E-state index in [0.717, 1.165) is 0 Å². The van der Waals surface area contributed by atoms with E-state index in [-0.39, 0.29) is 23.9 Å². The minimum Gasteiger partial charge on any atom is -0.396 e. The predicted octanol–water partition coefficient (Wildman–Crippen LogP) is 1.77. The molecule has 0 aliphatic carbocycles. The Morgan fingerprint density at radius 2 is 2.10 bits per heavy atom. The third kappa shape index (κ3) is 4.71. The predicted molar refractivity (Wildman–Crippen MR) is 80.5 cm³/mol. The SMILES string of the molecule is CCNC(=O)c1ccc([N+](=O)[O-])c(NCC(C)(C)CO)c1. The van der Waals surface area contributed by atoms with Gasteiger partial charge in [-0.1, -0.05) is 13.8 Å². The maximum Gasteiger partial charge on any atom is 0.292 e. The average molecular weight is 295 g/mol. The molecule has 3 N–H and O–H groups in total. The van der Waals surface area contributed by atoms with Crippen LogP contribution in [0.25, 0.3) is 0 Å². The average Bonchev–Trinajstić information content (AvgIpc) is 2.45. The molecule has 116 valence electrons. The number of aliphatic hydroxyl groups is 1. The van der Waals surface area contributed by atoms with Gasteiger partial charge in [-0.3, -0.25) is 14.9 Å². The van der Waals surface area contributed by atoms with E-state index in [2.05, 4.69) is 10.6 Å². The monoisotopic (exact) mass is 295 g/mol. The van der Waals surface area contributed by atoms with Gasteiger partial charge in [0.05, 0.1) is 4.92 Å². The largest absolute Gasteiger partial charge is 0.396 e. The third-order valence-corrected chi connectivity index (χ3v) is 2.98. The van der Waals surface area contributed by atoms with Gasteiger partial charge in [0.1, 0.15) is 5.69 Å². The first-order valence-corrected chi connectivity index (χ1v) is 6.72. The van der Waals surface area contributed by atoms with Crippen LogP contribution in [0.4, 0.5) is 11.4 Å². The number of amides is 1. The highest BCUT2D eigenvalue weighted by Gasteiger charge is 2.20. The maximum atomic E-state index is 11.8. The molecule has 21 heavy (non-hydrogen) atoms. The second-order valence-corrected chi connectivity index (χ2v) is 5.52. The number of rotatable bonds is 7. The summed E-state index contributed by atoms with van der Waals surface area (Å²) in [6.45, 7) is 6.24. The third-order valence-electron chi connectivity index (χ3n) is 2.98. The van der Waals surface area contributed by atoms with Gasteiger partial charge in [0.2, 0.25) is 0 Å². The van der Waals surface area contributed by atoms with Crippen LogP contribution in [0.1, 0.15) is 31.1 Å². The summed E-state index contributed by atoms with van der Waals surface area (Å²) in [5, 5.41) is 25.8. The smallest absolute Gasteiger partial charge is 0.292 e. The minimum absolute atomic E-state index is 0.0518. The standard InChI is InChI=1S/C14H21N3O4/c1-4-15-13(19)10-5-6-12(17(20)21)11(7-10)16-8-14(2,3)9-18/h5-7,16,18H,4,8-9H2,1-3H3,(H,15,19). The molecule has 0 atom stereocenters. The lowest BCUT2D eigenvalue weighted by Gasteiger charge is -2.22. The zero-order valence-corrected chi connectivity index (χ0v) is 12.5.